The van der Waals surface area contributed by atoms with Crippen molar-refractivity contribution in [2.24, 2.45) is 0 Å². The zero-order valence-corrected chi connectivity index (χ0v) is 14.8. The van der Waals surface area contributed by atoms with Gasteiger partial charge in [0.25, 0.3) is 0 Å². The molecule has 26 heavy (non-hydrogen) atoms. The van der Waals surface area contributed by atoms with E-state index in [1.54, 1.807) is 17.3 Å². The van der Waals surface area contributed by atoms with Crippen LogP contribution in [0.15, 0.2) is 49.2 Å². The fourth-order valence-electron chi connectivity index (χ4n) is 3.82. The van der Waals surface area contributed by atoms with Gasteiger partial charge in [0, 0.05) is 11.9 Å². The third-order valence-corrected chi connectivity index (χ3v) is 5.33. The summed E-state index contributed by atoms with van der Waals surface area (Å²) in [7, 11) is 0. The number of hydrogen-bond acceptors (Lipinski definition) is 4. The van der Waals surface area contributed by atoms with Gasteiger partial charge in [-0.2, -0.15) is 5.10 Å². The Labute approximate surface area is 151 Å². The normalized spacial score (nSPS) is 16.2. The molecule has 3 aromatic heterocycles. The molecule has 1 atom stereocenters. The number of benzene rings is 1. The molecule has 0 bridgehead atoms. The average molecular weight is 344 g/mol. The summed E-state index contributed by atoms with van der Waals surface area (Å²) in [6, 6.07) is 11.1. The summed E-state index contributed by atoms with van der Waals surface area (Å²) in [6.07, 6.45) is 7.54. The molecule has 0 fully saturated rings. The lowest BCUT2D eigenvalue weighted by Gasteiger charge is -2.17. The summed E-state index contributed by atoms with van der Waals surface area (Å²) >= 11 is 0. The molecule has 1 aliphatic carbocycles. The number of aryl methyl sites for hydroxylation is 3. The van der Waals surface area contributed by atoms with Crippen LogP contribution in [-0.2, 0) is 6.42 Å². The highest BCUT2D eigenvalue weighted by Gasteiger charge is 2.23. The fourth-order valence-corrected chi connectivity index (χ4v) is 3.82. The summed E-state index contributed by atoms with van der Waals surface area (Å²) in [5.74, 6) is 0. The van der Waals surface area contributed by atoms with E-state index in [9.17, 15) is 0 Å². The van der Waals surface area contributed by atoms with Crippen molar-refractivity contribution in [3.05, 3.63) is 71.7 Å². The van der Waals surface area contributed by atoms with Gasteiger partial charge in [-0.15, -0.1) is 0 Å². The first kappa shape index (κ1) is 15.1. The molecule has 130 valence electrons. The van der Waals surface area contributed by atoms with Crippen molar-refractivity contribution in [2.45, 2.75) is 32.7 Å². The molecule has 0 saturated carbocycles. The Morgan fingerprint density at radius 1 is 1.19 bits per heavy atom. The summed E-state index contributed by atoms with van der Waals surface area (Å²) in [6.45, 7) is 4.14. The van der Waals surface area contributed by atoms with Crippen molar-refractivity contribution in [1.29, 1.82) is 0 Å². The topological polar surface area (TPSA) is 60.0 Å². The van der Waals surface area contributed by atoms with Gasteiger partial charge < -0.3 is 9.72 Å². The number of rotatable bonds is 3. The van der Waals surface area contributed by atoms with E-state index in [1.165, 1.54) is 11.1 Å². The monoisotopic (exact) mass is 344 g/mol. The van der Waals surface area contributed by atoms with Crippen LogP contribution in [-0.4, -0.2) is 24.1 Å². The molecule has 0 radical (unpaired) electrons. The largest absolute Gasteiger partial charge is 0.375 e. The minimum atomic E-state index is 0.304. The van der Waals surface area contributed by atoms with Crippen LogP contribution in [0.3, 0.4) is 0 Å². The Bertz CT molecular complexity index is 1090. The molecule has 1 unspecified atom stereocenters. The van der Waals surface area contributed by atoms with E-state index in [1.807, 2.05) is 6.92 Å². The molecular weight excluding hydrogens is 324 g/mol. The molecular formula is C20H20N6. The smallest absolute Gasteiger partial charge is 0.160 e. The number of nitrogens with one attached hydrogen (secondary N) is 1. The van der Waals surface area contributed by atoms with Crippen molar-refractivity contribution in [2.75, 3.05) is 5.32 Å². The number of fused-ring (bicyclic) bond motifs is 2. The van der Waals surface area contributed by atoms with E-state index in [0.29, 0.717) is 6.04 Å². The molecule has 1 aromatic carbocycles. The van der Waals surface area contributed by atoms with Crippen LogP contribution in [0, 0.1) is 13.8 Å². The first-order valence-corrected chi connectivity index (χ1v) is 8.89. The number of hydrogen-bond donors (Lipinski definition) is 1. The predicted molar refractivity (Wildman–Crippen MR) is 101 cm³/mol. The Kier molecular flexibility index (Phi) is 3.31. The zero-order chi connectivity index (χ0) is 17.7. The predicted octanol–water partition coefficient (Wildman–Crippen LogP) is 3.63. The fraction of sp³-hybridized carbons (Fsp3) is 0.250. The molecule has 0 aliphatic heterocycles. The minimum Gasteiger partial charge on any atom is -0.375 e. The molecule has 1 aliphatic rings. The quantitative estimate of drug-likeness (QED) is 0.616. The number of nitrogens with zero attached hydrogens (tertiary/aromatic N) is 5. The number of anilines is 1. The summed E-state index contributed by atoms with van der Waals surface area (Å²) in [5, 5.41) is 8.02. The third kappa shape index (κ3) is 2.29. The van der Waals surface area contributed by atoms with Crippen LogP contribution in [0.2, 0.25) is 0 Å². The Morgan fingerprint density at radius 3 is 2.92 bits per heavy atom. The van der Waals surface area contributed by atoms with Crippen molar-refractivity contribution in [3.8, 4) is 5.69 Å². The molecule has 6 nitrogen and oxygen atoms in total. The van der Waals surface area contributed by atoms with Crippen LogP contribution in [0.25, 0.3) is 11.3 Å². The highest BCUT2D eigenvalue weighted by atomic mass is 15.3. The summed E-state index contributed by atoms with van der Waals surface area (Å²) in [4.78, 5) is 8.86. The SMILES string of the molecule is Cc1nc2c(NC3CCc4ccccc43)cc(-n3cncn3)cn2c1C. The lowest BCUT2D eigenvalue weighted by atomic mass is 10.1. The molecule has 3 heterocycles. The standard InChI is InChI=1S/C20H20N6/c1-13-14(2)25-10-16(26-12-21-11-22-26)9-19(20(25)23-13)24-18-8-7-15-5-3-4-6-17(15)18/h3-6,9-12,18,24H,7-8H2,1-2H3. The first-order chi connectivity index (χ1) is 12.7. The zero-order valence-electron chi connectivity index (χ0n) is 14.8. The first-order valence-electron chi connectivity index (χ1n) is 8.89. The van der Waals surface area contributed by atoms with Crippen LogP contribution >= 0.6 is 0 Å². The average Bonchev–Trinajstić information content (AvgIpc) is 3.37. The van der Waals surface area contributed by atoms with Gasteiger partial charge in [0.15, 0.2) is 5.65 Å². The molecule has 0 amide bonds. The van der Waals surface area contributed by atoms with Gasteiger partial charge in [-0.05, 0) is 43.9 Å². The van der Waals surface area contributed by atoms with Gasteiger partial charge in [0.2, 0.25) is 0 Å². The van der Waals surface area contributed by atoms with Crippen molar-refractivity contribution in [3.63, 3.8) is 0 Å². The number of aromatic nitrogens is 5. The molecule has 1 N–H and O–H groups in total. The molecule has 6 heteroatoms. The van der Waals surface area contributed by atoms with Crippen molar-refractivity contribution < 1.29 is 0 Å². The second-order valence-electron chi connectivity index (χ2n) is 6.86. The highest BCUT2D eigenvalue weighted by Crippen LogP contribution is 2.35. The molecule has 4 aromatic rings. The lowest BCUT2D eigenvalue weighted by Crippen LogP contribution is -2.10. The van der Waals surface area contributed by atoms with Crippen molar-refractivity contribution in [1.82, 2.24) is 24.1 Å². The van der Waals surface area contributed by atoms with Gasteiger partial charge in [-0.3, -0.25) is 0 Å². The summed E-state index contributed by atoms with van der Waals surface area (Å²) < 4.78 is 3.91. The molecule has 0 spiro atoms. The van der Waals surface area contributed by atoms with E-state index in [0.717, 1.165) is 41.3 Å². The second-order valence-corrected chi connectivity index (χ2v) is 6.86. The van der Waals surface area contributed by atoms with Gasteiger partial charge >= 0.3 is 0 Å². The maximum absolute atomic E-state index is 4.79. The Hall–Kier alpha value is -3.15. The molecule has 0 saturated heterocycles. The third-order valence-electron chi connectivity index (χ3n) is 5.33. The van der Waals surface area contributed by atoms with E-state index < -0.39 is 0 Å². The maximum Gasteiger partial charge on any atom is 0.160 e. The van der Waals surface area contributed by atoms with Crippen LogP contribution < -0.4 is 5.32 Å². The van der Waals surface area contributed by atoms with Crippen LogP contribution in [0.1, 0.15) is 35.0 Å². The minimum absolute atomic E-state index is 0.304. The van der Waals surface area contributed by atoms with E-state index >= 15 is 0 Å². The van der Waals surface area contributed by atoms with Gasteiger partial charge in [0.1, 0.15) is 12.7 Å². The van der Waals surface area contributed by atoms with Gasteiger partial charge in [-0.1, -0.05) is 24.3 Å². The lowest BCUT2D eigenvalue weighted by molar-refractivity contribution is 0.761. The Morgan fingerprint density at radius 2 is 2.08 bits per heavy atom. The number of imidazole rings is 1. The number of pyridine rings is 1. The van der Waals surface area contributed by atoms with Gasteiger partial charge in [-0.25, -0.2) is 14.6 Å². The van der Waals surface area contributed by atoms with E-state index in [2.05, 4.69) is 63.3 Å². The molecule has 5 rings (SSSR count). The summed E-state index contributed by atoms with van der Waals surface area (Å²) in [5.41, 5.74) is 7.93. The van der Waals surface area contributed by atoms with E-state index in [4.69, 9.17) is 4.98 Å². The van der Waals surface area contributed by atoms with E-state index in [-0.39, 0.29) is 0 Å². The maximum atomic E-state index is 4.79. The Balaban J connectivity index is 1.64. The highest BCUT2D eigenvalue weighted by molar-refractivity contribution is 5.72. The van der Waals surface area contributed by atoms with Crippen LogP contribution in [0.5, 0.6) is 0 Å². The van der Waals surface area contributed by atoms with Crippen LogP contribution in [0.4, 0.5) is 5.69 Å². The van der Waals surface area contributed by atoms with Gasteiger partial charge in [0.05, 0.1) is 23.1 Å². The van der Waals surface area contributed by atoms with Crippen molar-refractivity contribution >= 4 is 11.3 Å². The second kappa shape index (κ2) is 5.69.